The Morgan fingerprint density at radius 1 is 0.462 bits per heavy atom. The second-order valence-corrected chi connectivity index (χ2v) is 17.5. The van der Waals surface area contributed by atoms with Crippen molar-refractivity contribution >= 4 is 6.47 Å². The van der Waals surface area contributed by atoms with Gasteiger partial charge in [0.25, 0.3) is 6.47 Å². The van der Waals surface area contributed by atoms with Gasteiger partial charge in [0.05, 0.1) is 0 Å². The average molecular weight is 738 g/mol. The predicted molar refractivity (Wildman–Crippen MR) is 238 cm³/mol. The van der Waals surface area contributed by atoms with E-state index in [1.54, 1.807) is 0 Å². The average Bonchev–Trinajstić information content (AvgIpc) is 3.11. The Morgan fingerprint density at radius 3 is 0.962 bits per heavy atom. The van der Waals surface area contributed by atoms with Gasteiger partial charge in [0.1, 0.15) is 5.60 Å². The lowest BCUT2D eigenvalue weighted by molar-refractivity contribution is -0.142. The highest BCUT2D eigenvalue weighted by molar-refractivity contribution is 5.38. The normalized spacial score (nSPS) is 11.6. The lowest BCUT2D eigenvalue weighted by atomic mass is 9.78. The first-order chi connectivity index (χ1) is 25.2. The SMILES string of the molecule is CC.CCCC(C)(C)CC(C)(C)OC=O.CCCCCCCCCCCCCCCCCC(CCCCCCCCCCCCCCCCC)NC. The van der Waals surface area contributed by atoms with Gasteiger partial charge in [-0.05, 0) is 52.0 Å². The van der Waals surface area contributed by atoms with E-state index in [-0.39, 0.29) is 11.0 Å². The van der Waals surface area contributed by atoms with E-state index in [2.05, 4.69) is 47.0 Å². The number of carbonyl (C=O) groups is 1. The molecule has 0 heterocycles. The summed E-state index contributed by atoms with van der Waals surface area (Å²) in [6.07, 6.45) is 49.9. The fourth-order valence-electron chi connectivity index (χ4n) is 8.05. The van der Waals surface area contributed by atoms with Crippen LogP contribution in [0.1, 0.15) is 287 Å². The third kappa shape index (κ3) is 47.5. The van der Waals surface area contributed by atoms with Crippen LogP contribution in [0.3, 0.4) is 0 Å². The van der Waals surface area contributed by atoms with Crippen LogP contribution in [0.4, 0.5) is 0 Å². The van der Waals surface area contributed by atoms with Crippen LogP contribution in [-0.4, -0.2) is 25.2 Å². The first-order valence-electron chi connectivity index (χ1n) is 24.0. The maximum Gasteiger partial charge on any atom is 0.293 e. The third-order valence-electron chi connectivity index (χ3n) is 10.9. The van der Waals surface area contributed by atoms with Crippen molar-refractivity contribution in [2.75, 3.05) is 7.05 Å². The molecular formula is C49H103NO2. The largest absolute Gasteiger partial charge is 0.462 e. The van der Waals surface area contributed by atoms with E-state index in [4.69, 9.17) is 4.74 Å². The first-order valence-corrected chi connectivity index (χ1v) is 24.0. The number of carbonyl (C=O) groups excluding carboxylic acids is 1. The van der Waals surface area contributed by atoms with Gasteiger partial charge in [-0.1, -0.05) is 248 Å². The monoisotopic (exact) mass is 738 g/mol. The molecule has 0 aliphatic carbocycles. The van der Waals surface area contributed by atoms with Crippen LogP contribution in [-0.2, 0) is 9.53 Å². The third-order valence-corrected chi connectivity index (χ3v) is 10.9. The van der Waals surface area contributed by atoms with Crippen LogP contribution < -0.4 is 5.32 Å². The smallest absolute Gasteiger partial charge is 0.293 e. The van der Waals surface area contributed by atoms with E-state index in [1.807, 2.05) is 27.7 Å². The number of hydrogen-bond donors (Lipinski definition) is 1. The molecule has 0 saturated carbocycles. The van der Waals surface area contributed by atoms with E-state index < -0.39 is 0 Å². The number of rotatable bonds is 39. The van der Waals surface area contributed by atoms with Crippen LogP contribution in [0.25, 0.3) is 0 Å². The summed E-state index contributed by atoms with van der Waals surface area (Å²) in [6, 6.07) is 0.768. The van der Waals surface area contributed by atoms with E-state index in [1.165, 1.54) is 218 Å². The van der Waals surface area contributed by atoms with E-state index in [0.29, 0.717) is 6.47 Å². The van der Waals surface area contributed by atoms with Crippen LogP contribution in [0, 0.1) is 5.41 Å². The fraction of sp³-hybridized carbons (Fsp3) is 0.980. The zero-order valence-corrected chi connectivity index (χ0v) is 38.2. The topological polar surface area (TPSA) is 38.3 Å². The molecule has 0 spiro atoms. The molecule has 0 aliphatic heterocycles. The Hall–Kier alpha value is -0.570. The standard InChI is InChI=1S/C36H75N.C11H22O2.C2H6/c1-4-6-8-10-12-14-16-18-20-22-24-26-28-30-32-34-36(37-3)35-33-31-29-27-25-23-21-19-17-15-13-11-9-7-5-2;1-6-7-10(2,3)8-11(4,5)13-9-12;1-2/h36-37H,4-35H2,1-3H3;9H,6-8H2,1-5H3;1-2H3. The summed E-state index contributed by atoms with van der Waals surface area (Å²) >= 11 is 0. The van der Waals surface area contributed by atoms with Gasteiger partial charge in [-0.2, -0.15) is 0 Å². The molecule has 0 bridgehead atoms. The Kier molecular flexibility index (Phi) is 48.1. The minimum Gasteiger partial charge on any atom is -0.462 e. The number of hydrogen-bond acceptors (Lipinski definition) is 3. The molecule has 0 fully saturated rings. The lowest BCUT2D eigenvalue weighted by Crippen LogP contribution is -2.31. The summed E-state index contributed by atoms with van der Waals surface area (Å²) in [5.41, 5.74) is -0.0817. The summed E-state index contributed by atoms with van der Waals surface area (Å²) in [5, 5.41) is 3.60. The lowest BCUT2D eigenvalue weighted by Gasteiger charge is -2.33. The minimum absolute atomic E-state index is 0.251. The summed E-state index contributed by atoms with van der Waals surface area (Å²) in [6.45, 7) is 19.7. The van der Waals surface area contributed by atoms with Crippen molar-refractivity contribution < 1.29 is 9.53 Å². The van der Waals surface area contributed by atoms with E-state index >= 15 is 0 Å². The maximum atomic E-state index is 10.2. The van der Waals surface area contributed by atoms with Gasteiger partial charge < -0.3 is 10.1 Å². The van der Waals surface area contributed by atoms with E-state index in [9.17, 15) is 4.79 Å². The van der Waals surface area contributed by atoms with Gasteiger partial charge in [0, 0.05) is 6.04 Å². The van der Waals surface area contributed by atoms with Gasteiger partial charge in [0.2, 0.25) is 0 Å². The molecule has 0 aromatic heterocycles. The van der Waals surface area contributed by atoms with Crippen LogP contribution in [0.2, 0.25) is 0 Å². The quantitative estimate of drug-likeness (QED) is 0.0504. The molecule has 0 saturated heterocycles. The molecule has 0 atom stereocenters. The Bertz CT molecular complexity index is 611. The number of ether oxygens (including phenoxy) is 1. The summed E-state index contributed by atoms with van der Waals surface area (Å²) < 4.78 is 5.03. The van der Waals surface area contributed by atoms with Crippen LogP contribution in [0.5, 0.6) is 0 Å². The van der Waals surface area contributed by atoms with Gasteiger partial charge >= 0.3 is 0 Å². The molecule has 0 radical (unpaired) electrons. The molecule has 0 aliphatic rings. The first kappa shape index (κ1) is 55.8. The van der Waals surface area contributed by atoms with Crippen molar-refractivity contribution in [2.45, 2.75) is 299 Å². The van der Waals surface area contributed by atoms with Crippen molar-refractivity contribution in [3.63, 3.8) is 0 Å². The number of nitrogens with one attached hydrogen (secondary N) is 1. The van der Waals surface area contributed by atoms with Gasteiger partial charge in [0.15, 0.2) is 0 Å². The molecule has 3 heteroatoms. The molecule has 52 heavy (non-hydrogen) atoms. The van der Waals surface area contributed by atoms with Gasteiger partial charge in [-0.15, -0.1) is 0 Å². The highest BCUT2D eigenvalue weighted by Gasteiger charge is 2.29. The van der Waals surface area contributed by atoms with Crippen molar-refractivity contribution in [3.05, 3.63) is 0 Å². The minimum atomic E-state index is -0.333. The van der Waals surface area contributed by atoms with Gasteiger partial charge in [-0.25, -0.2) is 0 Å². The number of unbranched alkanes of at least 4 members (excludes halogenated alkanes) is 28. The molecule has 0 amide bonds. The molecule has 0 rings (SSSR count). The van der Waals surface area contributed by atoms with Crippen LogP contribution in [0.15, 0.2) is 0 Å². The van der Waals surface area contributed by atoms with Crippen molar-refractivity contribution in [3.8, 4) is 0 Å². The molecule has 3 nitrogen and oxygen atoms in total. The summed E-state index contributed by atoms with van der Waals surface area (Å²) in [7, 11) is 2.18. The molecule has 0 aromatic rings. The van der Waals surface area contributed by atoms with Crippen molar-refractivity contribution in [1.82, 2.24) is 5.32 Å². The highest BCUT2D eigenvalue weighted by Crippen LogP contribution is 2.33. The Morgan fingerprint density at radius 2 is 0.731 bits per heavy atom. The highest BCUT2D eigenvalue weighted by atomic mass is 16.5. The van der Waals surface area contributed by atoms with E-state index in [0.717, 1.165) is 12.5 Å². The molecule has 1 N–H and O–H groups in total. The molecule has 0 aromatic carbocycles. The zero-order valence-electron chi connectivity index (χ0n) is 38.2. The van der Waals surface area contributed by atoms with Crippen molar-refractivity contribution in [1.29, 1.82) is 0 Å². The Balaban J connectivity index is -0.00000134. The fourth-order valence-corrected chi connectivity index (χ4v) is 8.05. The Labute approximate surface area is 331 Å². The summed E-state index contributed by atoms with van der Waals surface area (Å²) in [4.78, 5) is 10.2. The summed E-state index contributed by atoms with van der Waals surface area (Å²) in [5.74, 6) is 0. The van der Waals surface area contributed by atoms with Gasteiger partial charge in [-0.3, -0.25) is 4.79 Å². The zero-order chi connectivity index (χ0) is 39.4. The molecule has 316 valence electrons. The van der Waals surface area contributed by atoms with Crippen LogP contribution >= 0.6 is 0 Å². The predicted octanol–water partition coefficient (Wildman–Crippen LogP) is 17.3. The van der Waals surface area contributed by atoms with Crippen molar-refractivity contribution in [2.24, 2.45) is 5.41 Å². The maximum absolute atomic E-state index is 10.2. The molecular weight excluding hydrogens is 635 g/mol. The second kappa shape index (κ2) is 44.8. The second-order valence-electron chi connectivity index (χ2n) is 17.5. The molecule has 0 unspecified atom stereocenters.